The van der Waals surface area contributed by atoms with Crippen LogP contribution in [0.15, 0.2) is 21.9 Å². The van der Waals surface area contributed by atoms with Gasteiger partial charge < -0.3 is 5.32 Å². The zero-order valence-corrected chi connectivity index (χ0v) is 5.97. The second-order valence-corrected chi connectivity index (χ2v) is 2.59. The van der Waals surface area contributed by atoms with Crippen LogP contribution in [-0.4, -0.2) is 6.54 Å². The fourth-order valence-electron chi connectivity index (χ4n) is 0.444. The van der Waals surface area contributed by atoms with Gasteiger partial charge in [0.15, 0.2) is 0 Å². The van der Waals surface area contributed by atoms with Gasteiger partial charge in [0.1, 0.15) is 0 Å². The van der Waals surface area contributed by atoms with Crippen LogP contribution in [0.4, 0.5) is 0 Å². The summed E-state index contributed by atoms with van der Waals surface area (Å²) in [4.78, 5) is 0. The van der Waals surface area contributed by atoms with Gasteiger partial charge in [0.05, 0.1) is 0 Å². The Morgan fingerprint density at radius 1 is 1.71 bits per heavy atom. The summed E-state index contributed by atoms with van der Waals surface area (Å²) in [7, 11) is 0. The van der Waals surface area contributed by atoms with Gasteiger partial charge in [-0.15, -0.1) is 0 Å². The van der Waals surface area contributed by atoms with Crippen molar-refractivity contribution < 1.29 is 0 Å². The summed E-state index contributed by atoms with van der Waals surface area (Å²) in [6.07, 6.45) is 6.19. The molecule has 0 saturated heterocycles. The number of nitrogens with one attached hydrogen (secondary N) is 1. The Hall–Kier alpha value is 0.01000. The summed E-state index contributed by atoms with van der Waals surface area (Å²) in [6, 6.07) is 0. The lowest BCUT2D eigenvalue weighted by Gasteiger charge is -1.99. The first-order valence-electron chi connectivity index (χ1n) is 2.15. The Kier molecular flexibility index (Phi) is 1.73. The number of allylic oxidation sites excluding steroid dienone is 2. The lowest BCUT2D eigenvalue weighted by atomic mass is 10.4. The van der Waals surface area contributed by atoms with E-state index in [-0.39, 0.29) is 0 Å². The largest absolute Gasteiger partial charge is 0.387 e. The van der Waals surface area contributed by atoms with E-state index in [0.717, 1.165) is 6.54 Å². The fraction of sp³-hybridized carbons (Fsp3) is 0.200. The van der Waals surface area contributed by atoms with Gasteiger partial charge in [-0.25, -0.2) is 0 Å². The van der Waals surface area contributed by atoms with Gasteiger partial charge in [-0.3, -0.25) is 0 Å². The highest BCUT2D eigenvalue weighted by Crippen LogP contribution is 2.07. The first kappa shape index (κ1) is 5.15. The first-order chi connectivity index (χ1) is 3.39. The standard InChI is InChI=1S/C5H6IN/c6-5-2-1-3-7-4-5/h1-2,4,7H,3H2. The highest BCUT2D eigenvalue weighted by atomic mass is 127. The minimum atomic E-state index is 0.979. The SMILES string of the molecule is IC1=CNCC=C1. The van der Waals surface area contributed by atoms with E-state index in [1.807, 2.05) is 6.20 Å². The number of hydrogen-bond acceptors (Lipinski definition) is 1. The molecule has 0 radical (unpaired) electrons. The van der Waals surface area contributed by atoms with Crippen molar-refractivity contribution in [1.29, 1.82) is 0 Å². The van der Waals surface area contributed by atoms with Crippen LogP contribution >= 0.6 is 22.6 Å². The van der Waals surface area contributed by atoms with E-state index in [4.69, 9.17) is 0 Å². The second-order valence-electron chi connectivity index (χ2n) is 1.34. The Labute approximate surface area is 56.6 Å². The predicted molar refractivity (Wildman–Crippen MR) is 39.2 cm³/mol. The number of halogens is 1. The van der Waals surface area contributed by atoms with Gasteiger partial charge in [-0.2, -0.15) is 0 Å². The van der Waals surface area contributed by atoms with E-state index in [0.29, 0.717) is 0 Å². The van der Waals surface area contributed by atoms with Crippen molar-refractivity contribution in [2.45, 2.75) is 0 Å². The molecule has 0 atom stereocenters. The van der Waals surface area contributed by atoms with E-state index in [1.54, 1.807) is 0 Å². The Morgan fingerprint density at radius 3 is 2.86 bits per heavy atom. The third-order valence-electron chi connectivity index (χ3n) is 0.753. The zero-order valence-electron chi connectivity index (χ0n) is 3.82. The van der Waals surface area contributed by atoms with Crippen LogP contribution in [0.1, 0.15) is 0 Å². The molecule has 1 nitrogen and oxygen atoms in total. The normalized spacial score (nSPS) is 18.1. The second kappa shape index (κ2) is 2.35. The minimum Gasteiger partial charge on any atom is -0.387 e. The first-order valence-corrected chi connectivity index (χ1v) is 3.23. The van der Waals surface area contributed by atoms with Crippen molar-refractivity contribution in [2.24, 2.45) is 0 Å². The molecular weight excluding hydrogens is 201 g/mol. The van der Waals surface area contributed by atoms with Gasteiger partial charge in [0, 0.05) is 16.3 Å². The Morgan fingerprint density at radius 2 is 2.57 bits per heavy atom. The molecule has 1 aliphatic heterocycles. The molecule has 0 spiro atoms. The van der Waals surface area contributed by atoms with Gasteiger partial charge in [-0.05, 0) is 28.7 Å². The minimum absolute atomic E-state index is 0.979. The van der Waals surface area contributed by atoms with Crippen LogP contribution in [0.25, 0.3) is 0 Å². The molecule has 0 fully saturated rings. The van der Waals surface area contributed by atoms with Gasteiger partial charge >= 0.3 is 0 Å². The van der Waals surface area contributed by atoms with E-state index in [2.05, 4.69) is 40.1 Å². The van der Waals surface area contributed by atoms with Gasteiger partial charge in [0.2, 0.25) is 0 Å². The van der Waals surface area contributed by atoms with Crippen molar-refractivity contribution in [2.75, 3.05) is 6.54 Å². The van der Waals surface area contributed by atoms with Crippen molar-refractivity contribution in [3.63, 3.8) is 0 Å². The van der Waals surface area contributed by atoms with Crippen LogP contribution in [0, 0.1) is 0 Å². The topological polar surface area (TPSA) is 12.0 Å². The molecule has 0 amide bonds. The molecule has 7 heavy (non-hydrogen) atoms. The molecule has 0 aromatic heterocycles. The highest BCUT2D eigenvalue weighted by molar-refractivity contribution is 14.1. The van der Waals surface area contributed by atoms with Crippen molar-refractivity contribution in [3.05, 3.63) is 21.9 Å². The summed E-state index contributed by atoms with van der Waals surface area (Å²) in [5, 5.41) is 3.08. The van der Waals surface area contributed by atoms with Crippen molar-refractivity contribution in [3.8, 4) is 0 Å². The monoisotopic (exact) mass is 207 g/mol. The van der Waals surface area contributed by atoms with Crippen molar-refractivity contribution >= 4 is 22.6 Å². The maximum atomic E-state index is 3.08. The maximum Gasteiger partial charge on any atom is 0.0329 e. The molecule has 0 unspecified atom stereocenters. The average Bonchev–Trinajstić information content (AvgIpc) is 1.69. The van der Waals surface area contributed by atoms with E-state index >= 15 is 0 Å². The van der Waals surface area contributed by atoms with Crippen LogP contribution in [0.3, 0.4) is 0 Å². The summed E-state index contributed by atoms with van der Waals surface area (Å²) < 4.78 is 1.27. The molecule has 0 aliphatic carbocycles. The molecule has 2 heteroatoms. The Bertz CT molecular complexity index is 115. The molecule has 1 aliphatic rings. The number of hydrogen-bond donors (Lipinski definition) is 1. The summed E-state index contributed by atoms with van der Waals surface area (Å²) >= 11 is 2.27. The highest BCUT2D eigenvalue weighted by Gasteiger charge is 1.86. The molecule has 1 N–H and O–H groups in total. The summed E-state index contributed by atoms with van der Waals surface area (Å²) in [5.74, 6) is 0. The summed E-state index contributed by atoms with van der Waals surface area (Å²) in [6.45, 7) is 0.979. The van der Waals surface area contributed by atoms with Crippen LogP contribution in [0.2, 0.25) is 0 Å². The third kappa shape index (κ3) is 1.51. The molecule has 1 heterocycles. The Balaban J connectivity index is 2.58. The van der Waals surface area contributed by atoms with Crippen LogP contribution < -0.4 is 5.32 Å². The lowest BCUT2D eigenvalue weighted by Crippen LogP contribution is -2.06. The van der Waals surface area contributed by atoms with E-state index in [1.165, 1.54) is 3.58 Å². The van der Waals surface area contributed by atoms with Crippen molar-refractivity contribution in [1.82, 2.24) is 5.32 Å². The molecule has 0 saturated carbocycles. The molecule has 38 valence electrons. The molecule has 0 bridgehead atoms. The molecule has 0 aromatic carbocycles. The van der Waals surface area contributed by atoms with E-state index < -0.39 is 0 Å². The third-order valence-corrected chi connectivity index (χ3v) is 1.42. The molecular formula is C5H6IN. The molecule has 0 aromatic rings. The smallest absolute Gasteiger partial charge is 0.0329 e. The maximum absolute atomic E-state index is 3.08. The van der Waals surface area contributed by atoms with Gasteiger partial charge in [-0.1, -0.05) is 6.08 Å². The number of dihydropyridines is 1. The predicted octanol–water partition coefficient (Wildman–Crippen LogP) is 1.42. The van der Waals surface area contributed by atoms with Gasteiger partial charge in [0.25, 0.3) is 0 Å². The summed E-state index contributed by atoms with van der Waals surface area (Å²) in [5.41, 5.74) is 0. The average molecular weight is 207 g/mol. The quantitative estimate of drug-likeness (QED) is 0.592. The van der Waals surface area contributed by atoms with Crippen LogP contribution in [-0.2, 0) is 0 Å². The number of rotatable bonds is 0. The van der Waals surface area contributed by atoms with E-state index in [9.17, 15) is 0 Å². The molecule has 1 rings (SSSR count). The van der Waals surface area contributed by atoms with Crippen LogP contribution in [0.5, 0.6) is 0 Å². The lowest BCUT2D eigenvalue weighted by molar-refractivity contribution is 0.971. The zero-order chi connectivity index (χ0) is 5.11. The fourth-order valence-corrected chi connectivity index (χ4v) is 0.919.